The van der Waals surface area contributed by atoms with Gasteiger partial charge in [0.25, 0.3) is 0 Å². The van der Waals surface area contributed by atoms with E-state index in [0.717, 1.165) is 4.47 Å². The zero-order valence-electron chi connectivity index (χ0n) is 10.0. The fraction of sp³-hybridized carbons (Fsp3) is 0.385. The number of esters is 1. The maximum atomic E-state index is 12.3. The monoisotopic (exact) mass is 312 g/mol. The second kappa shape index (κ2) is 4.82. The third-order valence-corrected chi connectivity index (χ3v) is 3.85. The Bertz CT molecular complexity index is 512. The van der Waals surface area contributed by atoms with Crippen LogP contribution in [-0.4, -0.2) is 24.0 Å². The number of methoxy groups -OCH3 is 1. The number of ketones is 1. The smallest absolute Gasteiger partial charge is 0.316 e. The van der Waals surface area contributed by atoms with Gasteiger partial charge in [0.15, 0.2) is 5.78 Å². The standard InChI is InChI=1S/C13H13BrO4/c1-6-10(13(17)18-2)12(16)9-5-7(14)3-4-8(9)11(6)15/h3-6,10-11,15H,1-2H3. The Labute approximate surface area is 113 Å². The van der Waals surface area contributed by atoms with Gasteiger partial charge in [-0.15, -0.1) is 0 Å². The number of halogens is 1. The molecule has 0 fully saturated rings. The van der Waals surface area contributed by atoms with Crippen LogP contribution in [0.3, 0.4) is 0 Å². The minimum atomic E-state index is -0.938. The summed E-state index contributed by atoms with van der Waals surface area (Å²) in [6.07, 6.45) is -0.838. The largest absolute Gasteiger partial charge is 0.468 e. The average molecular weight is 313 g/mol. The molecule has 0 saturated heterocycles. The van der Waals surface area contributed by atoms with Crippen LogP contribution in [0.15, 0.2) is 22.7 Å². The van der Waals surface area contributed by atoms with E-state index in [0.29, 0.717) is 11.1 Å². The molecule has 18 heavy (non-hydrogen) atoms. The minimum absolute atomic E-state index is 0.295. The van der Waals surface area contributed by atoms with Crippen LogP contribution in [0.25, 0.3) is 0 Å². The van der Waals surface area contributed by atoms with E-state index in [2.05, 4.69) is 20.7 Å². The zero-order valence-corrected chi connectivity index (χ0v) is 11.6. The SMILES string of the molecule is COC(=O)C1C(=O)c2cc(Br)ccc2C(O)C1C. The molecule has 1 aromatic rings. The molecule has 0 aliphatic heterocycles. The van der Waals surface area contributed by atoms with Crippen molar-refractivity contribution in [2.24, 2.45) is 11.8 Å². The van der Waals surface area contributed by atoms with E-state index in [9.17, 15) is 14.7 Å². The average Bonchev–Trinajstić information content (AvgIpc) is 2.36. The fourth-order valence-corrected chi connectivity index (χ4v) is 2.68. The summed E-state index contributed by atoms with van der Waals surface area (Å²) in [6, 6.07) is 5.09. The summed E-state index contributed by atoms with van der Waals surface area (Å²) >= 11 is 3.28. The van der Waals surface area contributed by atoms with Crippen LogP contribution in [0.2, 0.25) is 0 Å². The Morgan fingerprint density at radius 1 is 1.44 bits per heavy atom. The lowest BCUT2D eigenvalue weighted by Gasteiger charge is -2.32. The second-order valence-electron chi connectivity index (χ2n) is 4.40. The normalized spacial score (nSPS) is 26.7. The van der Waals surface area contributed by atoms with Gasteiger partial charge in [-0.25, -0.2) is 0 Å². The summed E-state index contributed by atoms with van der Waals surface area (Å²) in [5, 5.41) is 10.2. The number of hydrogen-bond donors (Lipinski definition) is 1. The molecule has 0 saturated carbocycles. The molecule has 1 aliphatic rings. The summed E-state index contributed by atoms with van der Waals surface area (Å²) in [6.45, 7) is 1.68. The second-order valence-corrected chi connectivity index (χ2v) is 5.32. The summed E-state index contributed by atoms with van der Waals surface area (Å²) in [4.78, 5) is 24.0. The van der Waals surface area contributed by atoms with Crippen molar-refractivity contribution in [1.29, 1.82) is 0 Å². The predicted octanol–water partition coefficient (Wildman–Crippen LogP) is 2.10. The highest BCUT2D eigenvalue weighted by Gasteiger charge is 2.43. The molecule has 3 unspecified atom stereocenters. The van der Waals surface area contributed by atoms with Crippen LogP contribution in [0.1, 0.15) is 28.9 Å². The topological polar surface area (TPSA) is 63.6 Å². The number of hydrogen-bond acceptors (Lipinski definition) is 4. The van der Waals surface area contributed by atoms with Crippen molar-refractivity contribution in [2.75, 3.05) is 7.11 Å². The van der Waals surface area contributed by atoms with E-state index < -0.39 is 23.9 Å². The summed E-state index contributed by atoms with van der Waals surface area (Å²) in [5.41, 5.74) is 0.946. The van der Waals surface area contributed by atoms with E-state index in [1.54, 1.807) is 25.1 Å². The number of benzene rings is 1. The molecule has 1 N–H and O–H groups in total. The molecule has 1 aromatic carbocycles. The van der Waals surface area contributed by atoms with Gasteiger partial charge in [0.1, 0.15) is 5.92 Å². The van der Waals surface area contributed by atoms with E-state index in [-0.39, 0.29) is 5.78 Å². The molecule has 96 valence electrons. The van der Waals surface area contributed by atoms with E-state index in [1.165, 1.54) is 7.11 Å². The molecule has 4 nitrogen and oxygen atoms in total. The first-order valence-electron chi connectivity index (χ1n) is 5.57. The first-order chi connectivity index (χ1) is 8.47. The Morgan fingerprint density at radius 3 is 2.72 bits per heavy atom. The summed E-state index contributed by atoms with van der Waals surface area (Å²) in [7, 11) is 1.24. The molecular formula is C13H13BrO4. The molecule has 2 rings (SSSR count). The van der Waals surface area contributed by atoms with Crippen molar-refractivity contribution in [2.45, 2.75) is 13.0 Å². The summed E-state index contributed by atoms with van der Waals surface area (Å²) < 4.78 is 5.38. The molecule has 5 heteroatoms. The first kappa shape index (κ1) is 13.2. The van der Waals surface area contributed by atoms with Gasteiger partial charge in [-0.05, 0) is 17.7 Å². The first-order valence-corrected chi connectivity index (χ1v) is 6.36. The number of aliphatic hydroxyl groups is 1. The van der Waals surface area contributed by atoms with Crippen LogP contribution in [0.5, 0.6) is 0 Å². The van der Waals surface area contributed by atoms with Crippen LogP contribution >= 0.6 is 15.9 Å². The Morgan fingerprint density at radius 2 is 2.11 bits per heavy atom. The number of rotatable bonds is 1. The van der Waals surface area contributed by atoms with E-state index >= 15 is 0 Å². The van der Waals surface area contributed by atoms with E-state index in [1.807, 2.05) is 0 Å². The number of fused-ring (bicyclic) bond motifs is 1. The van der Waals surface area contributed by atoms with Crippen LogP contribution in [0.4, 0.5) is 0 Å². The van der Waals surface area contributed by atoms with Gasteiger partial charge in [0, 0.05) is 16.0 Å². The van der Waals surface area contributed by atoms with Crippen molar-refractivity contribution in [3.63, 3.8) is 0 Å². The third kappa shape index (κ3) is 1.97. The number of carbonyl (C=O) groups is 2. The molecule has 0 heterocycles. The Hall–Kier alpha value is -1.20. The van der Waals surface area contributed by atoms with Gasteiger partial charge < -0.3 is 9.84 Å². The molecule has 1 aliphatic carbocycles. The quantitative estimate of drug-likeness (QED) is 0.637. The highest BCUT2D eigenvalue weighted by molar-refractivity contribution is 9.10. The minimum Gasteiger partial charge on any atom is -0.468 e. The van der Waals surface area contributed by atoms with Gasteiger partial charge in [-0.2, -0.15) is 0 Å². The lowest BCUT2D eigenvalue weighted by molar-refractivity contribution is -0.146. The molecule has 3 atom stereocenters. The predicted molar refractivity (Wildman–Crippen MR) is 68.1 cm³/mol. The van der Waals surface area contributed by atoms with Crippen molar-refractivity contribution < 1.29 is 19.4 Å². The van der Waals surface area contributed by atoms with Gasteiger partial charge in [-0.3, -0.25) is 9.59 Å². The van der Waals surface area contributed by atoms with Crippen LogP contribution in [0, 0.1) is 11.8 Å². The summed E-state index contributed by atoms with van der Waals surface area (Å²) in [5.74, 6) is -2.32. The molecule has 0 radical (unpaired) electrons. The number of carbonyl (C=O) groups excluding carboxylic acids is 2. The highest BCUT2D eigenvalue weighted by atomic mass is 79.9. The maximum absolute atomic E-state index is 12.3. The van der Waals surface area contributed by atoms with Crippen LogP contribution in [-0.2, 0) is 9.53 Å². The van der Waals surface area contributed by atoms with Crippen molar-refractivity contribution in [1.82, 2.24) is 0 Å². The van der Waals surface area contributed by atoms with Gasteiger partial charge in [-0.1, -0.05) is 28.9 Å². The van der Waals surface area contributed by atoms with Crippen molar-refractivity contribution >= 4 is 27.7 Å². The fourth-order valence-electron chi connectivity index (χ4n) is 2.32. The Balaban J connectivity index is 2.54. The number of ether oxygens (including phenoxy) is 1. The van der Waals surface area contributed by atoms with Gasteiger partial charge in [0.2, 0.25) is 0 Å². The van der Waals surface area contributed by atoms with Crippen molar-refractivity contribution in [3.05, 3.63) is 33.8 Å². The Kier molecular flexibility index (Phi) is 3.54. The van der Waals surface area contributed by atoms with Gasteiger partial charge >= 0.3 is 5.97 Å². The molecule has 0 aromatic heterocycles. The lowest BCUT2D eigenvalue weighted by atomic mass is 9.74. The number of aliphatic hydroxyl groups excluding tert-OH is 1. The highest BCUT2D eigenvalue weighted by Crippen LogP contribution is 2.39. The zero-order chi connectivity index (χ0) is 13.4. The third-order valence-electron chi connectivity index (χ3n) is 3.36. The van der Waals surface area contributed by atoms with Gasteiger partial charge in [0.05, 0.1) is 13.2 Å². The van der Waals surface area contributed by atoms with Crippen LogP contribution < -0.4 is 0 Å². The molecule has 0 amide bonds. The maximum Gasteiger partial charge on any atom is 0.316 e. The van der Waals surface area contributed by atoms with E-state index in [4.69, 9.17) is 0 Å². The van der Waals surface area contributed by atoms with Crippen molar-refractivity contribution in [3.8, 4) is 0 Å². The molecule has 0 spiro atoms. The molecular weight excluding hydrogens is 300 g/mol. The number of Topliss-reactive ketones (excluding diaryl/α,β-unsaturated/α-hetero) is 1. The molecule has 0 bridgehead atoms. The lowest BCUT2D eigenvalue weighted by Crippen LogP contribution is -2.39.